The van der Waals surface area contributed by atoms with E-state index in [-0.39, 0.29) is 5.75 Å². The van der Waals surface area contributed by atoms with Gasteiger partial charge in [0.15, 0.2) is 0 Å². The summed E-state index contributed by atoms with van der Waals surface area (Å²) in [6, 6.07) is 5.56. The number of benzene rings is 1. The maximum atomic E-state index is 12.9. The van der Waals surface area contributed by atoms with Gasteiger partial charge in [-0.3, -0.25) is 0 Å². The maximum Gasteiger partial charge on any atom is 0.461 e. The molecule has 154 valence electrons. The summed E-state index contributed by atoms with van der Waals surface area (Å²) < 4.78 is 54.2. The predicted octanol–water partition coefficient (Wildman–Crippen LogP) is 6.91. The third-order valence-electron chi connectivity index (χ3n) is 6.28. The van der Waals surface area contributed by atoms with E-state index in [0.29, 0.717) is 11.5 Å². The van der Waals surface area contributed by atoms with Crippen molar-refractivity contribution in [3.8, 4) is 17.6 Å². The molecule has 0 amide bonds. The van der Waals surface area contributed by atoms with Crippen molar-refractivity contribution in [1.29, 1.82) is 0 Å². The smallest absolute Gasteiger partial charge is 0.428 e. The SMILES string of the molecule is C[C@H]1CC[C@H]([C@H]2CC[C@H](C#Cc3ccc(OC(F)(F)C(F)F)cc3)CC2)CC1. The van der Waals surface area contributed by atoms with Gasteiger partial charge in [0.25, 0.3) is 0 Å². The van der Waals surface area contributed by atoms with E-state index in [0.717, 1.165) is 30.6 Å². The van der Waals surface area contributed by atoms with Gasteiger partial charge in [0, 0.05) is 11.5 Å². The number of hydrogen-bond donors (Lipinski definition) is 0. The van der Waals surface area contributed by atoms with Crippen molar-refractivity contribution in [2.24, 2.45) is 23.7 Å². The molecule has 0 atom stereocenters. The van der Waals surface area contributed by atoms with Gasteiger partial charge in [0.2, 0.25) is 0 Å². The molecule has 0 aromatic heterocycles. The van der Waals surface area contributed by atoms with Crippen LogP contribution in [0.15, 0.2) is 24.3 Å². The van der Waals surface area contributed by atoms with Crippen molar-refractivity contribution < 1.29 is 22.3 Å². The molecule has 1 aromatic carbocycles. The highest BCUT2D eigenvalue weighted by Crippen LogP contribution is 2.41. The Labute approximate surface area is 164 Å². The summed E-state index contributed by atoms with van der Waals surface area (Å²) in [5.41, 5.74) is 0.677. The van der Waals surface area contributed by atoms with E-state index < -0.39 is 12.5 Å². The zero-order chi connectivity index (χ0) is 20.1. The molecular formula is C23H28F4O. The highest BCUT2D eigenvalue weighted by Gasteiger charge is 2.43. The third kappa shape index (κ3) is 5.65. The van der Waals surface area contributed by atoms with Crippen LogP contribution in [0, 0.1) is 35.5 Å². The molecular weight excluding hydrogens is 368 g/mol. The standard InChI is InChI=1S/C23H28F4O/c1-16-2-10-19(11-3-16)20-12-6-17(7-13-20)4-5-18-8-14-21(15-9-18)28-23(26,27)22(24)25/h8-9,14-17,19-20,22H,2-3,6-7,10-13H2,1H3/t16-,17-,19-,20-. The molecule has 2 aliphatic rings. The van der Waals surface area contributed by atoms with Crippen LogP contribution < -0.4 is 4.74 Å². The molecule has 0 spiro atoms. The minimum atomic E-state index is -4.48. The van der Waals surface area contributed by atoms with Gasteiger partial charge >= 0.3 is 12.5 Å². The van der Waals surface area contributed by atoms with Crippen LogP contribution in [0.5, 0.6) is 5.75 Å². The molecule has 0 bridgehead atoms. The molecule has 5 heteroatoms. The number of rotatable bonds is 4. The molecule has 1 nitrogen and oxygen atoms in total. The van der Waals surface area contributed by atoms with Crippen molar-refractivity contribution in [3.05, 3.63) is 29.8 Å². The first-order valence-electron chi connectivity index (χ1n) is 10.3. The van der Waals surface area contributed by atoms with E-state index in [9.17, 15) is 17.6 Å². The van der Waals surface area contributed by atoms with Crippen molar-refractivity contribution in [2.45, 2.75) is 70.8 Å². The molecule has 3 rings (SSSR count). The van der Waals surface area contributed by atoms with Crippen LogP contribution in [0.1, 0.15) is 63.9 Å². The topological polar surface area (TPSA) is 9.23 Å². The van der Waals surface area contributed by atoms with Crippen molar-refractivity contribution in [2.75, 3.05) is 0 Å². The van der Waals surface area contributed by atoms with E-state index in [2.05, 4.69) is 23.5 Å². The fraction of sp³-hybridized carbons (Fsp3) is 0.652. The lowest BCUT2D eigenvalue weighted by Crippen LogP contribution is -2.33. The average Bonchev–Trinajstić information content (AvgIpc) is 2.68. The molecule has 0 saturated heterocycles. The molecule has 2 aliphatic carbocycles. The van der Waals surface area contributed by atoms with Gasteiger partial charge in [0.05, 0.1) is 0 Å². The van der Waals surface area contributed by atoms with E-state index >= 15 is 0 Å². The second-order valence-corrected chi connectivity index (χ2v) is 8.39. The van der Waals surface area contributed by atoms with Crippen molar-refractivity contribution in [1.82, 2.24) is 0 Å². The molecule has 0 heterocycles. The summed E-state index contributed by atoms with van der Waals surface area (Å²) in [5, 5.41) is 0. The van der Waals surface area contributed by atoms with Gasteiger partial charge in [-0.2, -0.15) is 17.6 Å². The summed E-state index contributed by atoms with van der Waals surface area (Å²) >= 11 is 0. The predicted molar refractivity (Wildman–Crippen MR) is 101 cm³/mol. The average molecular weight is 396 g/mol. The number of halogens is 4. The summed E-state index contributed by atoms with van der Waals surface area (Å²) in [6.45, 7) is 2.35. The molecule has 0 radical (unpaired) electrons. The Morgan fingerprint density at radius 1 is 0.893 bits per heavy atom. The molecule has 0 unspecified atom stereocenters. The zero-order valence-corrected chi connectivity index (χ0v) is 16.3. The third-order valence-corrected chi connectivity index (χ3v) is 6.28. The van der Waals surface area contributed by atoms with Crippen LogP contribution in [0.2, 0.25) is 0 Å². The number of alkyl halides is 4. The molecule has 2 fully saturated rings. The second-order valence-electron chi connectivity index (χ2n) is 8.39. The monoisotopic (exact) mass is 396 g/mol. The Morgan fingerprint density at radius 3 is 1.96 bits per heavy atom. The summed E-state index contributed by atoms with van der Waals surface area (Å²) in [7, 11) is 0. The lowest BCUT2D eigenvalue weighted by atomic mass is 9.69. The van der Waals surface area contributed by atoms with Gasteiger partial charge in [-0.05, 0) is 80.5 Å². The lowest BCUT2D eigenvalue weighted by Gasteiger charge is -2.36. The highest BCUT2D eigenvalue weighted by atomic mass is 19.3. The molecule has 2 saturated carbocycles. The van der Waals surface area contributed by atoms with Gasteiger partial charge in [0.1, 0.15) is 5.75 Å². The second kappa shape index (κ2) is 9.20. The van der Waals surface area contributed by atoms with E-state index in [1.165, 1.54) is 62.8 Å². The van der Waals surface area contributed by atoms with Gasteiger partial charge in [-0.25, -0.2) is 0 Å². The fourth-order valence-electron chi connectivity index (χ4n) is 4.49. The van der Waals surface area contributed by atoms with E-state index in [1.54, 1.807) is 0 Å². The van der Waals surface area contributed by atoms with Crippen LogP contribution in [0.25, 0.3) is 0 Å². The largest absolute Gasteiger partial charge is 0.461 e. The highest BCUT2D eigenvalue weighted by molar-refractivity contribution is 5.38. The van der Waals surface area contributed by atoms with Crippen LogP contribution in [0.3, 0.4) is 0 Å². The first-order valence-corrected chi connectivity index (χ1v) is 10.3. The Kier molecular flexibility index (Phi) is 6.91. The van der Waals surface area contributed by atoms with E-state index in [4.69, 9.17) is 0 Å². The van der Waals surface area contributed by atoms with Gasteiger partial charge in [-0.15, -0.1) is 0 Å². The summed E-state index contributed by atoms with van der Waals surface area (Å²) in [4.78, 5) is 0. The zero-order valence-electron chi connectivity index (χ0n) is 16.3. The first kappa shape index (κ1) is 21.0. The van der Waals surface area contributed by atoms with Crippen LogP contribution in [0.4, 0.5) is 17.6 Å². The Morgan fingerprint density at radius 2 is 1.43 bits per heavy atom. The van der Waals surface area contributed by atoms with Crippen LogP contribution in [-0.2, 0) is 0 Å². The molecule has 28 heavy (non-hydrogen) atoms. The van der Waals surface area contributed by atoms with Gasteiger partial charge < -0.3 is 4.74 Å². The van der Waals surface area contributed by atoms with Crippen LogP contribution in [-0.4, -0.2) is 12.5 Å². The summed E-state index contributed by atoms with van der Waals surface area (Å²) in [6.07, 6.45) is 1.86. The summed E-state index contributed by atoms with van der Waals surface area (Å²) in [5.74, 6) is 9.09. The minimum Gasteiger partial charge on any atom is -0.428 e. The molecule has 1 aromatic rings. The number of hydrogen-bond acceptors (Lipinski definition) is 1. The maximum absolute atomic E-state index is 12.9. The Balaban J connectivity index is 1.48. The van der Waals surface area contributed by atoms with Gasteiger partial charge in [-0.1, -0.05) is 31.6 Å². The lowest BCUT2D eigenvalue weighted by molar-refractivity contribution is -0.253. The van der Waals surface area contributed by atoms with Crippen molar-refractivity contribution >= 4 is 0 Å². The minimum absolute atomic E-state index is 0.293. The number of ether oxygens (including phenoxy) is 1. The molecule has 0 aliphatic heterocycles. The van der Waals surface area contributed by atoms with Crippen molar-refractivity contribution in [3.63, 3.8) is 0 Å². The molecule has 0 N–H and O–H groups in total. The first-order chi connectivity index (χ1) is 13.3. The Bertz CT molecular complexity index is 673. The fourth-order valence-corrected chi connectivity index (χ4v) is 4.49. The normalized spacial score (nSPS) is 28.5. The van der Waals surface area contributed by atoms with E-state index in [1.807, 2.05) is 0 Å². The van der Waals surface area contributed by atoms with Crippen LogP contribution >= 0.6 is 0 Å². The Hall–Kier alpha value is -1.70. The quantitative estimate of drug-likeness (QED) is 0.397.